The van der Waals surface area contributed by atoms with Crippen LogP contribution in [0.5, 0.6) is 5.75 Å². The van der Waals surface area contributed by atoms with Gasteiger partial charge in [0.15, 0.2) is 6.61 Å². The summed E-state index contributed by atoms with van der Waals surface area (Å²) in [7, 11) is 1.58. The van der Waals surface area contributed by atoms with Crippen molar-refractivity contribution in [2.45, 2.75) is 12.5 Å². The van der Waals surface area contributed by atoms with E-state index in [1.807, 2.05) is 18.2 Å². The number of ether oxygens (including phenoxy) is 1. The van der Waals surface area contributed by atoms with Crippen LogP contribution < -0.4 is 4.74 Å². The molecule has 2 bridgehead atoms. The van der Waals surface area contributed by atoms with Crippen LogP contribution in [0.25, 0.3) is 0 Å². The predicted octanol–water partition coefficient (Wildman–Crippen LogP) is 1.19. The van der Waals surface area contributed by atoms with Crippen molar-refractivity contribution in [3.8, 4) is 11.8 Å². The molecule has 1 saturated heterocycles. The second-order valence-electron chi connectivity index (χ2n) is 7.39. The van der Waals surface area contributed by atoms with E-state index in [9.17, 15) is 9.59 Å². The molecular formula is C19H17N3O4. The molecule has 26 heavy (non-hydrogen) atoms. The largest absolute Gasteiger partial charge is 0.479 e. The minimum atomic E-state index is -0.241. The van der Waals surface area contributed by atoms with Gasteiger partial charge in [-0.2, -0.15) is 5.26 Å². The molecule has 5 rings (SSSR count). The van der Waals surface area contributed by atoms with Crippen molar-refractivity contribution in [1.29, 1.82) is 5.26 Å². The van der Waals surface area contributed by atoms with Crippen molar-refractivity contribution in [1.82, 2.24) is 4.90 Å². The number of nitrogens with zero attached hydrogens (tertiary/aromatic N) is 3. The maximum absolute atomic E-state index is 12.5. The van der Waals surface area contributed by atoms with E-state index in [1.54, 1.807) is 19.2 Å². The summed E-state index contributed by atoms with van der Waals surface area (Å²) in [4.78, 5) is 32.0. The summed E-state index contributed by atoms with van der Waals surface area (Å²) in [6.45, 7) is 0.00455. The van der Waals surface area contributed by atoms with Crippen LogP contribution in [0.1, 0.15) is 12.0 Å². The van der Waals surface area contributed by atoms with Gasteiger partial charge in [-0.25, -0.2) is 0 Å². The molecule has 0 N–H and O–H groups in total. The van der Waals surface area contributed by atoms with Crippen LogP contribution in [0.2, 0.25) is 0 Å². The number of amides is 2. The maximum Gasteiger partial charge on any atom is 0.233 e. The second kappa shape index (κ2) is 5.31. The molecule has 2 amide bonds. The molecule has 0 radical (unpaired) electrons. The lowest BCUT2D eigenvalue weighted by molar-refractivity contribution is -0.139. The topological polar surface area (TPSA) is 92.0 Å². The standard InChI is InChI=1S/C19H17N3O4/c1-22-18(23)13-11-8-12(14(13)19(22)24)17-15(11)16(21-26-17)9-2-4-10(5-3-9)25-7-6-20/h2-5,11-15,17H,7-8H2,1H3/t11-,12+,13+,14-,15+,17+/m1/s1. The number of carbonyl (C=O) groups is 2. The van der Waals surface area contributed by atoms with Gasteiger partial charge in [-0.05, 0) is 36.6 Å². The number of likely N-dealkylation sites (tertiary alicyclic amines) is 1. The molecule has 2 aliphatic carbocycles. The number of rotatable bonds is 3. The number of oxime groups is 1. The van der Waals surface area contributed by atoms with Crippen LogP contribution in [0.4, 0.5) is 0 Å². The fourth-order valence-electron chi connectivity index (χ4n) is 5.35. The van der Waals surface area contributed by atoms with Crippen LogP contribution in [-0.4, -0.2) is 42.2 Å². The van der Waals surface area contributed by atoms with E-state index in [-0.39, 0.29) is 54.1 Å². The van der Waals surface area contributed by atoms with E-state index in [0.717, 1.165) is 17.7 Å². The lowest BCUT2D eigenvalue weighted by Gasteiger charge is -2.29. The summed E-state index contributed by atoms with van der Waals surface area (Å²) in [6.07, 6.45) is 0.729. The third-order valence-electron chi connectivity index (χ3n) is 6.36. The van der Waals surface area contributed by atoms with Gasteiger partial charge in [0, 0.05) is 24.4 Å². The first-order valence-corrected chi connectivity index (χ1v) is 8.77. The lowest BCUT2D eigenvalue weighted by Crippen LogP contribution is -2.41. The van der Waals surface area contributed by atoms with Gasteiger partial charge in [0.2, 0.25) is 11.8 Å². The Kier molecular flexibility index (Phi) is 3.14. The van der Waals surface area contributed by atoms with Crippen molar-refractivity contribution in [2.75, 3.05) is 13.7 Å². The number of imide groups is 1. The van der Waals surface area contributed by atoms with Crippen molar-refractivity contribution in [2.24, 2.45) is 34.7 Å². The number of fused-ring (bicyclic) bond motifs is 8. The zero-order valence-electron chi connectivity index (χ0n) is 14.2. The molecular weight excluding hydrogens is 334 g/mol. The SMILES string of the molecule is CN1C(=O)[C@@H]2[C@@H]3C[C@@H]([C@H]4C(c5ccc(OCC#N)cc5)=NO[C@@H]34)[C@@H]2C1=O. The molecule has 7 heteroatoms. The second-order valence-corrected chi connectivity index (χ2v) is 7.39. The van der Waals surface area contributed by atoms with Crippen LogP contribution in [0.3, 0.4) is 0 Å². The maximum atomic E-state index is 12.5. The third-order valence-corrected chi connectivity index (χ3v) is 6.36. The first-order chi connectivity index (χ1) is 12.6. The van der Waals surface area contributed by atoms with E-state index < -0.39 is 0 Å². The number of nitriles is 1. The zero-order chi connectivity index (χ0) is 18.0. The lowest BCUT2D eigenvalue weighted by atomic mass is 9.71. The average molecular weight is 351 g/mol. The van der Waals surface area contributed by atoms with Crippen LogP contribution >= 0.6 is 0 Å². The van der Waals surface area contributed by atoms with Gasteiger partial charge >= 0.3 is 0 Å². The van der Waals surface area contributed by atoms with Crippen LogP contribution in [0, 0.1) is 40.9 Å². The normalized spacial score (nSPS) is 36.5. The Labute approximate surface area is 150 Å². The Morgan fingerprint density at radius 3 is 2.58 bits per heavy atom. The highest BCUT2D eigenvalue weighted by Crippen LogP contribution is 2.61. The van der Waals surface area contributed by atoms with Crippen molar-refractivity contribution in [3.05, 3.63) is 29.8 Å². The van der Waals surface area contributed by atoms with E-state index in [0.29, 0.717) is 5.75 Å². The van der Waals surface area contributed by atoms with Gasteiger partial charge in [0.1, 0.15) is 17.9 Å². The molecule has 0 spiro atoms. The molecule has 6 atom stereocenters. The van der Waals surface area contributed by atoms with E-state index in [4.69, 9.17) is 14.8 Å². The molecule has 7 nitrogen and oxygen atoms in total. The van der Waals surface area contributed by atoms with Crippen molar-refractivity contribution in [3.63, 3.8) is 0 Å². The van der Waals surface area contributed by atoms with Crippen LogP contribution in [0.15, 0.2) is 29.4 Å². The quantitative estimate of drug-likeness (QED) is 0.763. The van der Waals surface area contributed by atoms with E-state index >= 15 is 0 Å². The number of hydrogen-bond acceptors (Lipinski definition) is 6. The van der Waals surface area contributed by atoms with Gasteiger partial charge in [0.05, 0.1) is 17.5 Å². The Morgan fingerprint density at radius 1 is 1.19 bits per heavy atom. The number of hydrogen-bond donors (Lipinski definition) is 0. The summed E-state index contributed by atoms with van der Waals surface area (Å²) < 4.78 is 5.28. The summed E-state index contributed by atoms with van der Waals surface area (Å²) in [6, 6.07) is 9.34. The fourth-order valence-corrected chi connectivity index (χ4v) is 5.35. The van der Waals surface area contributed by atoms with Crippen molar-refractivity contribution < 1.29 is 19.2 Å². The van der Waals surface area contributed by atoms with E-state index in [2.05, 4.69) is 5.16 Å². The Hall–Kier alpha value is -2.88. The molecule has 2 heterocycles. The minimum Gasteiger partial charge on any atom is -0.479 e. The predicted molar refractivity (Wildman–Crippen MR) is 88.8 cm³/mol. The summed E-state index contributed by atoms with van der Waals surface area (Å²) in [5.74, 6) is 0.245. The average Bonchev–Trinajstić information content (AvgIpc) is 3.38. The molecule has 132 valence electrons. The smallest absolute Gasteiger partial charge is 0.233 e. The van der Waals surface area contributed by atoms with Gasteiger partial charge < -0.3 is 9.57 Å². The van der Waals surface area contributed by atoms with Crippen molar-refractivity contribution >= 4 is 17.5 Å². The van der Waals surface area contributed by atoms with Gasteiger partial charge in [-0.1, -0.05) is 5.16 Å². The molecule has 1 aromatic carbocycles. The van der Waals surface area contributed by atoms with Gasteiger partial charge in [-0.15, -0.1) is 0 Å². The summed E-state index contributed by atoms with van der Waals surface area (Å²) in [5, 5.41) is 12.9. The Bertz CT molecular complexity index is 872. The molecule has 0 aromatic heterocycles. The Balaban J connectivity index is 1.42. The summed E-state index contributed by atoms with van der Waals surface area (Å²) >= 11 is 0. The minimum absolute atomic E-state index is 0.00455. The zero-order valence-corrected chi connectivity index (χ0v) is 14.2. The summed E-state index contributed by atoms with van der Waals surface area (Å²) in [5.41, 5.74) is 1.78. The first-order valence-electron chi connectivity index (χ1n) is 8.77. The highest BCUT2D eigenvalue weighted by molar-refractivity contribution is 6.08. The first kappa shape index (κ1) is 15.4. The monoisotopic (exact) mass is 351 g/mol. The van der Waals surface area contributed by atoms with Gasteiger partial charge in [-0.3, -0.25) is 14.5 Å². The van der Waals surface area contributed by atoms with Gasteiger partial charge in [0.25, 0.3) is 0 Å². The third kappa shape index (κ3) is 1.84. The molecule has 2 aliphatic heterocycles. The fraction of sp³-hybridized carbons (Fsp3) is 0.474. The molecule has 0 unspecified atom stereocenters. The molecule has 3 fully saturated rings. The highest BCUT2D eigenvalue weighted by atomic mass is 16.6. The Morgan fingerprint density at radius 2 is 1.88 bits per heavy atom. The molecule has 2 saturated carbocycles. The number of benzene rings is 1. The highest BCUT2D eigenvalue weighted by Gasteiger charge is 2.69. The molecule has 1 aromatic rings. The molecule has 4 aliphatic rings. The number of carbonyl (C=O) groups excluding carboxylic acids is 2. The van der Waals surface area contributed by atoms with E-state index in [1.165, 1.54) is 4.90 Å². The van der Waals surface area contributed by atoms with Crippen LogP contribution in [-0.2, 0) is 14.4 Å².